The SMILES string of the molecule is Br.CCOC(=O)C1=C(COCCN)NC(C)=C(C(=O)OC)[C@@H]1c1ccccc1Cl.O. The molecule has 0 fully saturated rings. The normalized spacial score (nSPS) is 15.6. The molecule has 8 nitrogen and oxygen atoms in total. The van der Waals surface area contributed by atoms with Crippen molar-refractivity contribution in [3.63, 3.8) is 0 Å². The second-order valence-electron chi connectivity index (χ2n) is 6.06. The van der Waals surface area contributed by atoms with E-state index in [1.807, 2.05) is 0 Å². The summed E-state index contributed by atoms with van der Waals surface area (Å²) in [7, 11) is 1.29. The molecule has 30 heavy (non-hydrogen) atoms. The molecule has 2 rings (SSSR count). The summed E-state index contributed by atoms with van der Waals surface area (Å²) in [6.07, 6.45) is 0. The van der Waals surface area contributed by atoms with Crippen LogP contribution in [0.5, 0.6) is 0 Å². The van der Waals surface area contributed by atoms with Gasteiger partial charge in [0, 0.05) is 17.3 Å². The molecule has 0 aliphatic carbocycles. The highest BCUT2D eigenvalue weighted by Crippen LogP contribution is 2.41. The fourth-order valence-electron chi connectivity index (χ4n) is 3.12. The Balaban J connectivity index is 0.00000420. The van der Waals surface area contributed by atoms with Crippen molar-refractivity contribution < 1.29 is 29.3 Å². The molecule has 0 aromatic heterocycles. The number of esters is 2. The summed E-state index contributed by atoms with van der Waals surface area (Å²) in [6, 6.07) is 7.05. The van der Waals surface area contributed by atoms with E-state index in [1.165, 1.54) is 7.11 Å². The third-order valence-electron chi connectivity index (χ3n) is 4.27. The highest BCUT2D eigenvalue weighted by atomic mass is 79.9. The zero-order valence-electron chi connectivity index (χ0n) is 17.1. The molecule has 1 aliphatic heterocycles. The molecule has 1 aromatic carbocycles. The molecule has 0 saturated heterocycles. The fourth-order valence-corrected chi connectivity index (χ4v) is 3.36. The van der Waals surface area contributed by atoms with E-state index in [0.717, 1.165) is 0 Å². The average molecular weight is 508 g/mol. The summed E-state index contributed by atoms with van der Waals surface area (Å²) < 4.78 is 15.8. The zero-order valence-corrected chi connectivity index (χ0v) is 19.6. The largest absolute Gasteiger partial charge is 0.466 e. The summed E-state index contributed by atoms with van der Waals surface area (Å²) in [4.78, 5) is 25.5. The maximum Gasteiger partial charge on any atom is 0.336 e. The molecule has 0 saturated carbocycles. The van der Waals surface area contributed by atoms with Crippen LogP contribution in [0.15, 0.2) is 46.8 Å². The molecule has 1 heterocycles. The highest BCUT2D eigenvalue weighted by Gasteiger charge is 2.39. The molecule has 0 bridgehead atoms. The Kier molecular flexibility index (Phi) is 12.6. The van der Waals surface area contributed by atoms with Gasteiger partial charge in [0.25, 0.3) is 0 Å². The third-order valence-corrected chi connectivity index (χ3v) is 4.61. The molecule has 1 aromatic rings. The number of ether oxygens (including phenoxy) is 3. The highest BCUT2D eigenvalue weighted by molar-refractivity contribution is 8.93. The maximum absolute atomic E-state index is 12.9. The van der Waals surface area contributed by atoms with E-state index < -0.39 is 17.9 Å². The van der Waals surface area contributed by atoms with Crippen LogP contribution in [-0.2, 0) is 23.8 Å². The smallest absolute Gasteiger partial charge is 0.336 e. The van der Waals surface area contributed by atoms with Crippen molar-refractivity contribution >= 4 is 40.5 Å². The number of carbonyl (C=O) groups excluding carboxylic acids is 2. The quantitative estimate of drug-likeness (QED) is 0.406. The van der Waals surface area contributed by atoms with Gasteiger partial charge in [-0.15, -0.1) is 17.0 Å². The number of carbonyl (C=O) groups is 2. The van der Waals surface area contributed by atoms with Crippen LogP contribution < -0.4 is 11.1 Å². The summed E-state index contributed by atoms with van der Waals surface area (Å²) in [5.41, 5.74) is 7.70. The molecule has 10 heteroatoms. The van der Waals surface area contributed by atoms with Crippen LogP contribution in [0, 0.1) is 0 Å². The van der Waals surface area contributed by atoms with Gasteiger partial charge in [-0.05, 0) is 25.5 Å². The molecular weight excluding hydrogens is 480 g/mol. The van der Waals surface area contributed by atoms with Crippen LogP contribution >= 0.6 is 28.6 Å². The van der Waals surface area contributed by atoms with Crippen LogP contribution in [0.4, 0.5) is 0 Å². The number of methoxy groups -OCH3 is 1. The van der Waals surface area contributed by atoms with Crippen LogP contribution in [0.25, 0.3) is 0 Å². The molecule has 0 amide bonds. The third kappa shape index (κ3) is 6.29. The molecule has 0 unspecified atom stereocenters. The standard InChI is InChI=1S/C20H25ClN2O5.BrH.H2O/c1-4-28-20(25)18-15(11-27-10-9-22)23-12(2)16(19(24)26-3)17(18)13-7-5-6-8-14(13)21;;/h5-8,17,23H,4,9-11,22H2,1-3H3;1H;1H2/t17-;;/m0../s1. The number of benzene rings is 1. The number of hydrogen-bond acceptors (Lipinski definition) is 7. The van der Waals surface area contributed by atoms with E-state index in [1.54, 1.807) is 38.1 Å². The first-order valence-corrected chi connectivity index (χ1v) is 9.32. The Morgan fingerprint density at radius 2 is 1.87 bits per heavy atom. The Labute approximate surface area is 191 Å². The van der Waals surface area contributed by atoms with Gasteiger partial charge in [-0.25, -0.2) is 9.59 Å². The number of nitrogens with one attached hydrogen (secondary N) is 1. The molecule has 168 valence electrons. The van der Waals surface area contributed by atoms with Crippen molar-refractivity contribution in [2.24, 2.45) is 5.73 Å². The first-order valence-electron chi connectivity index (χ1n) is 8.94. The first-order chi connectivity index (χ1) is 13.5. The number of hydrogen-bond donors (Lipinski definition) is 2. The van der Waals surface area contributed by atoms with Gasteiger partial charge in [0.05, 0.1) is 49.7 Å². The van der Waals surface area contributed by atoms with E-state index in [4.69, 9.17) is 31.5 Å². The molecule has 1 aliphatic rings. The van der Waals surface area contributed by atoms with E-state index in [9.17, 15) is 9.59 Å². The number of nitrogens with two attached hydrogens (primary N) is 1. The van der Waals surface area contributed by atoms with Gasteiger partial charge in [0.2, 0.25) is 0 Å². The molecule has 1 atom stereocenters. The van der Waals surface area contributed by atoms with E-state index in [0.29, 0.717) is 40.7 Å². The van der Waals surface area contributed by atoms with Gasteiger partial charge in [-0.3, -0.25) is 0 Å². The Hall–Kier alpha value is -1.91. The second kappa shape index (κ2) is 13.4. The number of rotatable bonds is 8. The zero-order chi connectivity index (χ0) is 20.7. The molecule has 0 spiro atoms. The second-order valence-corrected chi connectivity index (χ2v) is 6.47. The van der Waals surface area contributed by atoms with Gasteiger partial charge in [-0.1, -0.05) is 29.8 Å². The summed E-state index contributed by atoms with van der Waals surface area (Å²) in [6.45, 7) is 4.42. The molecular formula is C20H28BrClN2O6. The lowest BCUT2D eigenvalue weighted by molar-refractivity contribution is -0.139. The Morgan fingerprint density at radius 1 is 1.20 bits per heavy atom. The number of allylic oxidation sites excluding steroid dienone is 1. The van der Waals surface area contributed by atoms with Gasteiger partial charge in [-0.2, -0.15) is 0 Å². The minimum Gasteiger partial charge on any atom is -0.466 e. The van der Waals surface area contributed by atoms with E-state index in [2.05, 4.69) is 5.32 Å². The lowest BCUT2D eigenvalue weighted by Crippen LogP contribution is -2.35. The van der Waals surface area contributed by atoms with Gasteiger partial charge < -0.3 is 30.7 Å². The summed E-state index contributed by atoms with van der Waals surface area (Å²) in [5, 5.41) is 3.52. The summed E-state index contributed by atoms with van der Waals surface area (Å²) in [5.74, 6) is -1.86. The van der Waals surface area contributed by atoms with Crippen molar-refractivity contribution in [3.8, 4) is 0 Å². The van der Waals surface area contributed by atoms with Gasteiger partial charge in [0.1, 0.15) is 0 Å². The molecule has 0 radical (unpaired) electrons. The van der Waals surface area contributed by atoms with Gasteiger partial charge in [0.15, 0.2) is 0 Å². The first kappa shape index (κ1) is 28.1. The van der Waals surface area contributed by atoms with Crippen molar-refractivity contribution in [3.05, 3.63) is 57.4 Å². The van der Waals surface area contributed by atoms with Crippen molar-refractivity contribution in [2.75, 3.05) is 33.5 Å². The lowest BCUT2D eigenvalue weighted by atomic mass is 9.80. The predicted molar refractivity (Wildman–Crippen MR) is 120 cm³/mol. The number of dihydropyridines is 1. The van der Waals surface area contributed by atoms with Crippen molar-refractivity contribution in [1.82, 2.24) is 5.32 Å². The monoisotopic (exact) mass is 506 g/mol. The van der Waals surface area contributed by atoms with Crippen LogP contribution in [0.1, 0.15) is 25.3 Å². The Bertz CT molecular complexity index is 812. The Morgan fingerprint density at radius 3 is 2.43 bits per heavy atom. The van der Waals surface area contributed by atoms with E-state index in [-0.39, 0.29) is 41.2 Å². The maximum atomic E-state index is 12.9. The lowest BCUT2D eigenvalue weighted by Gasteiger charge is -2.31. The van der Waals surface area contributed by atoms with E-state index >= 15 is 0 Å². The molecule has 5 N–H and O–H groups in total. The average Bonchev–Trinajstić information content (AvgIpc) is 2.67. The van der Waals surface area contributed by atoms with Crippen LogP contribution in [0.2, 0.25) is 5.02 Å². The van der Waals surface area contributed by atoms with Crippen LogP contribution in [0.3, 0.4) is 0 Å². The fraction of sp³-hybridized carbons (Fsp3) is 0.400. The minimum atomic E-state index is -0.752. The minimum absolute atomic E-state index is 0. The van der Waals surface area contributed by atoms with Crippen molar-refractivity contribution in [2.45, 2.75) is 19.8 Å². The summed E-state index contributed by atoms with van der Waals surface area (Å²) >= 11 is 6.42. The predicted octanol–water partition coefficient (Wildman–Crippen LogP) is 2.02. The topological polar surface area (TPSA) is 131 Å². The van der Waals surface area contributed by atoms with Crippen LogP contribution in [-0.4, -0.2) is 50.9 Å². The van der Waals surface area contributed by atoms with Crippen molar-refractivity contribution in [1.29, 1.82) is 0 Å². The van der Waals surface area contributed by atoms with Gasteiger partial charge >= 0.3 is 11.9 Å². The number of halogens is 2.